The van der Waals surface area contributed by atoms with Crippen LogP contribution in [0.25, 0.3) is 6.08 Å². The van der Waals surface area contributed by atoms with Crippen LogP contribution in [0.15, 0.2) is 60.0 Å². The highest BCUT2D eigenvalue weighted by molar-refractivity contribution is 7.09. The second-order valence-electron chi connectivity index (χ2n) is 7.49. The molecule has 0 radical (unpaired) electrons. The molecule has 1 aliphatic rings. The summed E-state index contributed by atoms with van der Waals surface area (Å²) in [5, 5.41) is 5.80. The van der Waals surface area contributed by atoms with E-state index in [0.29, 0.717) is 49.9 Å². The van der Waals surface area contributed by atoms with Crippen molar-refractivity contribution >= 4 is 34.9 Å². The molecule has 0 atom stereocenters. The van der Waals surface area contributed by atoms with Crippen LogP contribution in [0.1, 0.15) is 26.6 Å². The van der Waals surface area contributed by atoms with E-state index in [0.717, 1.165) is 16.3 Å². The van der Waals surface area contributed by atoms with Crippen LogP contribution >= 0.6 is 11.3 Å². The molecule has 1 aromatic heterocycles. The van der Waals surface area contributed by atoms with Crippen LogP contribution in [-0.4, -0.2) is 48.0 Å². The Kier molecular flexibility index (Phi) is 7.49. The topological polar surface area (TPSA) is 80.8 Å². The van der Waals surface area contributed by atoms with Crippen LogP contribution in [0.3, 0.4) is 0 Å². The fourth-order valence-electron chi connectivity index (χ4n) is 3.40. The second kappa shape index (κ2) is 10.9. The van der Waals surface area contributed by atoms with Crippen molar-refractivity contribution in [2.24, 2.45) is 0 Å². The third kappa shape index (κ3) is 6.27. The molecule has 33 heavy (non-hydrogen) atoms. The second-order valence-corrected chi connectivity index (χ2v) is 8.55. The Balaban J connectivity index is 1.38. The highest BCUT2D eigenvalue weighted by Gasteiger charge is 2.21. The molecule has 1 fully saturated rings. The third-order valence-corrected chi connectivity index (χ3v) is 5.87. The summed E-state index contributed by atoms with van der Waals surface area (Å²) >= 11 is 1.59. The quantitative estimate of drug-likeness (QED) is 0.533. The van der Waals surface area contributed by atoms with Gasteiger partial charge >= 0.3 is 0 Å². The monoisotopic (exact) mass is 463 g/mol. The van der Waals surface area contributed by atoms with Crippen molar-refractivity contribution < 1.29 is 19.1 Å². The van der Waals surface area contributed by atoms with E-state index >= 15 is 0 Å². The van der Waals surface area contributed by atoms with E-state index in [-0.39, 0.29) is 11.8 Å². The van der Waals surface area contributed by atoms with Crippen molar-refractivity contribution in [2.75, 3.05) is 31.6 Å². The molecule has 0 bridgehead atoms. The SMILES string of the molecule is Cc1nc(COc2cccc(/C=C/C(=O)Nc3ccccc3C(=O)N3CCOCC3)c2)cs1. The number of hydrogen-bond acceptors (Lipinski definition) is 6. The van der Waals surface area contributed by atoms with Gasteiger partial charge in [0, 0.05) is 24.5 Å². The zero-order valence-corrected chi connectivity index (χ0v) is 19.1. The number of anilines is 1. The molecule has 2 amide bonds. The lowest BCUT2D eigenvalue weighted by Crippen LogP contribution is -2.41. The van der Waals surface area contributed by atoms with Crippen molar-refractivity contribution in [1.29, 1.82) is 0 Å². The average molecular weight is 464 g/mol. The maximum atomic E-state index is 12.9. The van der Waals surface area contributed by atoms with E-state index in [1.165, 1.54) is 6.08 Å². The summed E-state index contributed by atoms with van der Waals surface area (Å²) in [7, 11) is 0. The maximum Gasteiger partial charge on any atom is 0.256 e. The molecule has 3 aromatic rings. The Morgan fingerprint density at radius 3 is 2.79 bits per heavy atom. The lowest BCUT2D eigenvalue weighted by atomic mass is 10.1. The van der Waals surface area contributed by atoms with Gasteiger partial charge in [-0.3, -0.25) is 9.59 Å². The summed E-state index contributed by atoms with van der Waals surface area (Å²) in [4.78, 5) is 31.6. The number of carbonyl (C=O) groups excluding carboxylic acids is 2. The van der Waals surface area contributed by atoms with Gasteiger partial charge in [-0.15, -0.1) is 11.3 Å². The summed E-state index contributed by atoms with van der Waals surface area (Å²) in [6.07, 6.45) is 3.15. The van der Waals surface area contributed by atoms with Gasteiger partial charge < -0.3 is 19.7 Å². The minimum Gasteiger partial charge on any atom is -0.487 e. The number of nitrogens with zero attached hydrogens (tertiary/aromatic N) is 2. The van der Waals surface area contributed by atoms with E-state index in [1.54, 1.807) is 46.6 Å². The first-order valence-electron chi connectivity index (χ1n) is 10.7. The highest BCUT2D eigenvalue weighted by atomic mass is 32.1. The zero-order chi connectivity index (χ0) is 23.0. The van der Waals surface area contributed by atoms with Crippen LogP contribution < -0.4 is 10.1 Å². The fourth-order valence-corrected chi connectivity index (χ4v) is 4.00. The molecule has 1 saturated heterocycles. The molecule has 2 aromatic carbocycles. The van der Waals surface area contributed by atoms with Gasteiger partial charge in [-0.2, -0.15) is 0 Å². The normalized spacial score (nSPS) is 13.8. The number of hydrogen-bond donors (Lipinski definition) is 1. The van der Waals surface area contributed by atoms with Gasteiger partial charge in [-0.05, 0) is 42.8 Å². The van der Waals surface area contributed by atoms with Gasteiger partial charge in [-0.1, -0.05) is 24.3 Å². The molecule has 0 saturated carbocycles. The van der Waals surface area contributed by atoms with E-state index < -0.39 is 0 Å². The maximum absolute atomic E-state index is 12.9. The van der Waals surface area contributed by atoms with Crippen molar-refractivity contribution in [3.8, 4) is 5.75 Å². The average Bonchev–Trinajstić information content (AvgIpc) is 3.27. The number of rotatable bonds is 7. The third-order valence-electron chi connectivity index (χ3n) is 5.05. The standard InChI is InChI=1S/C25H25N3O4S/c1-18-26-20(17-33-18)16-32-21-6-4-5-19(15-21)9-10-24(29)27-23-8-3-2-7-22(23)25(30)28-11-13-31-14-12-28/h2-10,15,17H,11-14,16H2,1H3,(H,27,29)/b10-9+. The van der Waals surface area contributed by atoms with Crippen molar-refractivity contribution in [3.05, 3.63) is 81.8 Å². The summed E-state index contributed by atoms with van der Waals surface area (Å²) in [5.41, 5.74) is 2.67. The largest absolute Gasteiger partial charge is 0.487 e. The Hall–Kier alpha value is -3.49. The molecule has 0 unspecified atom stereocenters. The van der Waals surface area contributed by atoms with E-state index in [4.69, 9.17) is 9.47 Å². The summed E-state index contributed by atoms with van der Waals surface area (Å²) in [5.74, 6) is 0.268. The molecule has 8 heteroatoms. The van der Waals surface area contributed by atoms with E-state index in [1.807, 2.05) is 36.6 Å². The highest BCUT2D eigenvalue weighted by Crippen LogP contribution is 2.20. The summed E-state index contributed by atoms with van der Waals surface area (Å²) in [6.45, 7) is 4.49. The van der Waals surface area contributed by atoms with Gasteiger partial charge in [0.25, 0.3) is 5.91 Å². The molecule has 0 spiro atoms. The minimum absolute atomic E-state index is 0.113. The van der Waals surface area contributed by atoms with Gasteiger partial charge in [0.05, 0.1) is 35.2 Å². The minimum atomic E-state index is -0.318. The van der Waals surface area contributed by atoms with E-state index in [2.05, 4.69) is 10.3 Å². The van der Waals surface area contributed by atoms with Gasteiger partial charge in [0.15, 0.2) is 0 Å². The first-order valence-corrected chi connectivity index (χ1v) is 11.6. The number of amides is 2. The first-order chi connectivity index (χ1) is 16.1. The predicted octanol–water partition coefficient (Wildman–Crippen LogP) is 4.15. The number of nitrogens with one attached hydrogen (secondary N) is 1. The Bertz CT molecular complexity index is 1150. The van der Waals surface area contributed by atoms with Crippen LogP contribution in [0, 0.1) is 6.92 Å². The fraction of sp³-hybridized carbons (Fsp3) is 0.240. The summed E-state index contributed by atoms with van der Waals surface area (Å²) in [6, 6.07) is 14.5. The van der Waals surface area contributed by atoms with Crippen molar-refractivity contribution in [3.63, 3.8) is 0 Å². The number of ether oxygens (including phenoxy) is 2. The lowest BCUT2D eigenvalue weighted by molar-refractivity contribution is -0.111. The first kappa shape index (κ1) is 22.7. The van der Waals surface area contributed by atoms with Gasteiger partial charge in [0.1, 0.15) is 12.4 Å². The molecule has 1 N–H and O–H groups in total. The molecule has 4 rings (SSSR count). The number of thiazole rings is 1. The molecule has 7 nitrogen and oxygen atoms in total. The molecule has 0 aliphatic carbocycles. The van der Waals surface area contributed by atoms with Gasteiger partial charge in [0.2, 0.25) is 5.91 Å². The molecule has 1 aliphatic heterocycles. The van der Waals surface area contributed by atoms with Crippen LogP contribution in [0.4, 0.5) is 5.69 Å². The van der Waals surface area contributed by atoms with Crippen LogP contribution in [-0.2, 0) is 16.1 Å². The molecular formula is C25H25N3O4S. The number of morpholine rings is 1. The summed E-state index contributed by atoms with van der Waals surface area (Å²) < 4.78 is 11.1. The number of aromatic nitrogens is 1. The number of carbonyl (C=O) groups is 2. The Labute approximate surface area is 196 Å². The zero-order valence-electron chi connectivity index (χ0n) is 18.3. The molecular weight excluding hydrogens is 438 g/mol. The predicted molar refractivity (Wildman–Crippen MR) is 128 cm³/mol. The molecule has 170 valence electrons. The van der Waals surface area contributed by atoms with Crippen molar-refractivity contribution in [2.45, 2.75) is 13.5 Å². The number of benzene rings is 2. The van der Waals surface area contributed by atoms with Crippen LogP contribution in [0.2, 0.25) is 0 Å². The van der Waals surface area contributed by atoms with Gasteiger partial charge in [-0.25, -0.2) is 4.98 Å². The number of para-hydroxylation sites is 1. The number of aryl methyl sites for hydroxylation is 1. The Morgan fingerprint density at radius 1 is 1.18 bits per heavy atom. The van der Waals surface area contributed by atoms with E-state index in [9.17, 15) is 9.59 Å². The smallest absolute Gasteiger partial charge is 0.256 e. The lowest BCUT2D eigenvalue weighted by Gasteiger charge is -2.27. The Morgan fingerprint density at radius 2 is 2.00 bits per heavy atom. The van der Waals surface area contributed by atoms with Crippen molar-refractivity contribution in [1.82, 2.24) is 9.88 Å². The van der Waals surface area contributed by atoms with Crippen LogP contribution in [0.5, 0.6) is 5.75 Å². The molecule has 2 heterocycles.